The summed E-state index contributed by atoms with van der Waals surface area (Å²) in [5.41, 5.74) is 4.02. The van der Waals surface area contributed by atoms with E-state index in [0.29, 0.717) is 11.5 Å². The molecule has 0 N–H and O–H groups in total. The van der Waals surface area contributed by atoms with Crippen LogP contribution in [0.5, 0.6) is 0 Å². The first-order valence-electron chi connectivity index (χ1n) is 9.00. The maximum atomic E-state index is 13.0. The molecule has 0 bridgehead atoms. The number of pyridine rings is 2. The van der Waals surface area contributed by atoms with Crippen LogP contribution >= 0.6 is 0 Å². The van der Waals surface area contributed by atoms with Crippen LogP contribution in [0.4, 0.5) is 10.2 Å². The van der Waals surface area contributed by atoms with Gasteiger partial charge in [-0.2, -0.15) is 4.39 Å². The molecule has 5 rings (SSSR count). The fraction of sp³-hybridized carbons (Fsp3) is 0.190. The fourth-order valence-corrected chi connectivity index (χ4v) is 3.42. The van der Waals surface area contributed by atoms with Gasteiger partial charge in [-0.15, -0.1) is 0 Å². The molecule has 0 unspecified atom stereocenters. The van der Waals surface area contributed by atoms with Crippen LogP contribution in [0.3, 0.4) is 0 Å². The van der Waals surface area contributed by atoms with E-state index >= 15 is 0 Å². The predicted molar refractivity (Wildman–Crippen MR) is 102 cm³/mol. The standard InChI is InChI=1S/C21H17FN4O/c22-19-7-4-15(12-23-19)14-3-6-17-18(11-14)27-21(25-17)16-5-8-20(24-13-16)26-9-1-2-10-26/h3-8,11-13H,1-2,9-10H2. The van der Waals surface area contributed by atoms with Crippen LogP contribution in [0, 0.1) is 5.95 Å². The van der Waals surface area contributed by atoms with Gasteiger partial charge in [0.1, 0.15) is 11.3 Å². The van der Waals surface area contributed by atoms with Crippen molar-refractivity contribution in [3.05, 3.63) is 60.8 Å². The highest BCUT2D eigenvalue weighted by Gasteiger charge is 2.15. The molecule has 0 radical (unpaired) electrons. The SMILES string of the molecule is Fc1ccc(-c2ccc3nc(-c4ccc(N5CCCC5)nc4)oc3c2)cn1. The van der Waals surface area contributed by atoms with E-state index in [9.17, 15) is 4.39 Å². The molecule has 6 heteroatoms. The number of nitrogens with zero attached hydrogens (tertiary/aromatic N) is 4. The van der Waals surface area contributed by atoms with Crippen LogP contribution in [0.25, 0.3) is 33.7 Å². The highest BCUT2D eigenvalue weighted by molar-refractivity contribution is 5.82. The Balaban J connectivity index is 1.46. The molecule has 1 aliphatic heterocycles. The van der Waals surface area contributed by atoms with Gasteiger partial charge in [-0.3, -0.25) is 0 Å². The Kier molecular flexibility index (Phi) is 3.81. The lowest BCUT2D eigenvalue weighted by Crippen LogP contribution is -2.18. The molecule has 1 saturated heterocycles. The molecular formula is C21H17FN4O. The number of hydrogen-bond acceptors (Lipinski definition) is 5. The van der Waals surface area contributed by atoms with Gasteiger partial charge in [-0.25, -0.2) is 15.0 Å². The second-order valence-electron chi connectivity index (χ2n) is 6.67. The van der Waals surface area contributed by atoms with Crippen molar-refractivity contribution in [3.63, 3.8) is 0 Å². The van der Waals surface area contributed by atoms with Crippen molar-refractivity contribution in [2.24, 2.45) is 0 Å². The van der Waals surface area contributed by atoms with Gasteiger partial charge >= 0.3 is 0 Å². The Morgan fingerprint density at radius 3 is 2.37 bits per heavy atom. The smallest absolute Gasteiger partial charge is 0.228 e. The quantitative estimate of drug-likeness (QED) is 0.496. The zero-order valence-electron chi connectivity index (χ0n) is 14.6. The third kappa shape index (κ3) is 3.03. The number of halogens is 1. The van der Waals surface area contributed by atoms with Crippen molar-refractivity contribution in [2.75, 3.05) is 18.0 Å². The van der Waals surface area contributed by atoms with Gasteiger partial charge in [-0.1, -0.05) is 6.07 Å². The second-order valence-corrected chi connectivity index (χ2v) is 6.67. The van der Waals surface area contributed by atoms with E-state index in [1.165, 1.54) is 25.1 Å². The van der Waals surface area contributed by atoms with Crippen molar-refractivity contribution in [1.29, 1.82) is 0 Å². The molecule has 0 saturated carbocycles. The van der Waals surface area contributed by atoms with Crippen molar-refractivity contribution in [2.45, 2.75) is 12.8 Å². The summed E-state index contributed by atoms with van der Waals surface area (Å²) in [6, 6.07) is 12.8. The molecule has 27 heavy (non-hydrogen) atoms. The van der Waals surface area contributed by atoms with Crippen molar-refractivity contribution < 1.29 is 8.81 Å². The Morgan fingerprint density at radius 1 is 0.852 bits per heavy atom. The minimum atomic E-state index is -0.494. The van der Waals surface area contributed by atoms with E-state index in [4.69, 9.17) is 4.42 Å². The first kappa shape index (κ1) is 15.9. The molecular weight excluding hydrogens is 343 g/mol. The maximum Gasteiger partial charge on any atom is 0.228 e. The summed E-state index contributed by atoms with van der Waals surface area (Å²) in [7, 11) is 0. The van der Waals surface area contributed by atoms with Crippen LogP contribution in [0.2, 0.25) is 0 Å². The van der Waals surface area contributed by atoms with Crippen LogP contribution in [-0.2, 0) is 0 Å². The van der Waals surface area contributed by atoms with Crippen molar-refractivity contribution >= 4 is 16.9 Å². The molecule has 134 valence electrons. The number of benzene rings is 1. The third-order valence-electron chi connectivity index (χ3n) is 4.87. The molecule has 0 atom stereocenters. The van der Waals surface area contributed by atoms with E-state index in [0.717, 1.165) is 41.1 Å². The van der Waals surface area contributed by atoms with Gasteiger partial charge < -0.3 is 9.32 Å². The molecule has 1 aliphatic rings. The largest absolute Gasteiger partial charge is 0.436 e. The minimum absolute atomic E-state index is 0.494. The lowest BCUT2D eigenvalue weighted by Gasteiger charge is -2.15. The van der Waals surface area contributed by atoms with Gasteiger partial charge in [0.25, 0.3) is 0 Å². The highest BCUT2D eigenvalue weighted by Crippen LogP contribution is 2.29. The van der Waals surface area contributed by atoms with Crippen LogP contribution < -0.4 is 4.90 Å². The van der Waals surface area contributed by atoms with Gasteiger partial charge in [0.05, 0.1) is 5.56 Å². The lowest BCUT2D eigenvalue weighted by molar-refractivity contribution is 0.584. The van der Waals surface area contributed by atoms with Gasteiger partial charge in [0.15, 0.2) is 5.58 Å². The van der Waals surface area contributed by atoms with E-state index in [1.54, 1.807) is 6.07 Å². The van der Waals surface area contributed by atoms with Gasteiger partial charge in [0.2, 0.25) is 11.8 Å². The zero-order valence-corrected chi connectivity index (χ0v) is 14.6. The monoisotopic (exact) mass is 360 g/mol. The number of fused-ring (bicyclic) bond motifs is 1. The normalized spacial score (nSPS) is 14.2. The molecule has 4 aromatic rings. The Hall–Kier alpha value is -3.28. The number of hydrogen-bond donors (Lipinski definition) is 0. The topological polar surface area (TPSA) is 55.1 Å². The van der Waals surface area contributed by atoms with Crippen molar-refractivity contribution in [3.8, 4) is 22.6 Å². The molecule has 4 heterocycles. The van der Waals surface area contributed by atoms with Gasteiger partial charge in [-0.05, 0) is 54.8 Å². The summed E-state index contributed by atoms with van der Waals surface area (Å²) in [5, 5.41) is 0. The van der Waals surface area contributed by atoms with E-state index in [1.807, 2.05) is 36.5 Å². The fourth-order valence-electron chi connectivity index (χ4n) is 3.42. The maximum absolute atomic E-state index is 13.0. The second kappa shape index (κ2) is 6.46. The third-order valence-corrected chi connectivity index (χ3v) is 4.87. The van der Waals surface area contributed by atoms with Crippen molar-refractivity contribution in [1.82, 2.24) is 15.0 Å². The van der Waals surface area contributed by atoms with Gasteiger partial charge in [0, 0.05) is 31.0 Å². The number of aromatic nitrogens is 3. The summed E-state index contributed by atoms with van der Waals surface area (Å²) in [6.07, 6.45) is 5.76. The average Bonchev–Trinajstić information content (AvgIpc) is 3.38. The van der Waals surface area contributed by atoms with E-state index < -0.39 is 5.95 Å². The molecule has 5 nitrogen and oxygen atoms in total. The summed E-state index contributed by atoms with van der Waals surface area (Å²) >= 11 is 0. The van der Waals surface area contributed by atoms with Crippen LogP contribution in [0.1, 0.15) is 12.8 Å². The van der Waals surface area contributed by atoms with E-state index in [2.05, 4.69) is 19.9 Å². The zero-order chi connectivity index (χ0) is 18.2. The minimum Gasteiger partial charge on any atom is -0.436 e. The summed E-state index contributed by atoms with van der Waals surface area (Å²) < 4.78 is 19.0. The van der Waals surface area contributed by atoms with Crippen LogP contribution in [-0.4, -0.2) is 28.0 Å². The molecule has 0 amide bonds. The number of rotatable bonds is 3. The number of anilines is 1. The Labute approximate surface area is 155 Å². The molecule has 1 aromatic carbocycles. The number of oxazole rings is 1. The van der Waals surface area contributed by atoms with E-state index in [-0.39, 0.29) is 0 Å². The average molecular weight is 360 g/mol. The Bertz CT molecular complexity index is 1080. The highest BCUT2D eigenvalue weighted by atomic mass is 19.1. The molecule has 1 fully saturated rings. The first-order valence-corrected chi connectivity index (χ1v) is 9.00. The molecule has 0 spiro atoms. The summed E-state index contributed by atoms with van der Waals surface area (Å²) in [4.78, 5) is 15.1. The lowest BCUT2D eigenvalue weighted by atomic mass is 10.1. The molecule has 0 aliphatic carbocycles. The van der Waals surface area contributed by atoms with Crippen LogP contribution in [0.15, 0.2) is 59.3 Å². The molecule has 3 aromatic heterocycles. The summed E-state index contributed by atoms with van der Waals surface area (Å²) in [6.45, 7) is 2.13. The summed E-state index contributed by atoms with van der Waals surface area (Å²) in [5.74, 6) is 1.05. The predicted octanol–water partition coefficient (Wildman–Crippen LogP) is 4.69. The Morgan fingerprint density at radius 2 is 1.63 bits per heavy atom. The first-order chi connectivity index (χ1) is 13.3.